The summed E-state index contributed by atoms with van der Waals surface area (Å²) < 4.78 is 0. The fourth-order valence-electron chi connectivity index (χ4n) is 2.43. The molecule has 4 nitrogen and oxygen atoms in total. The fraction of sp³-hybridized carbons (Fsp3) is 0.778. The number of hydrogen-bond donors (Lipinski definition) is 1. The summed E-state index contributed by atoms with van der Waals surface area (Å²) in [5.74, 6) is -0.210. The van der Waals surface area contributed by atoms with Crippen LogP contribution in [0.25, 0.3) is 0 Å². The van der Waals surface area contributed by atoms with Gasteiger partial charge in [0.25, 0.3) is 0 Å². The standard InChI is InChI=1S/C9H14N2O2/c1-11-3-2-9(6-11)4-7(12)10-8(13)5-9/h2-6H2,1H3,(H,10,12,13). The first kappa shape index (κ1) is 8.69. The molecule has 4 heteroatoms. The van der Waals surface area contributed by atoms with Crippen molar-refractivity contribution in [2.75, 3.05) is 20.1 Å². The Morgan fingerprint density at radius 3 is 2.38 bits per heavy atom. The molecule has 1 spiro atoms. The second-order valence-corrected chi connectivity index (χ2v) is 4.31. The SMILES string of the molecule is CN1CCC2(CC(=O)NC(=O)C2)C1. The monoisotopic (exact) mass is 182 g/mol. The lowest BCUT2D eigenvalue weighted by Gasteiger charge is -2.31. The van der Waals surface area contributed by atoms with E-state index in [4.69, 9.17) is 0 Å². The van der Waals surface area contributed by atoms with Crippen molar-refractivity contribution in [3.8, 4) is 0 Å². The zero-order valence-electron chi connectivity index (χ0n) is 7.80. The molecule has 2 amide bonds. The summed E-state index contributed by atoms with van der Waals surface area (Å²) in [5, 5.41) is 2.35. The zero-order valence-corrected chi connectivity index (χ0v) is 7.80. The Morgan fingerprint density at radius 2 is 1.92 bits per heavy atom. The lowest BCUT2D eigenvalue weighted by molar-refractivity contribution is -0.137. The number of imide groups is 1. The molecule has 2 saturated heterocycles. The van der Waals surface area contributed by atoms with Gasteiger partial charge in [-0.05, 0) is 20.0 Å². The molecule has 0 unspecified atom stereocenters. The van der Waals surface area contributed by atoms with Gasteiger partial charge in [-0.1, -0.05) is 0 Å². The van der Waals surface area contributed by atoms with Crippen molar-refractivity contribution < 1.29 is 9.59 Å². The molecule has 0 aromatic heterocycles. The van der Waals surface area contributed by atoms with E-state index in [9.17, 15) is 9.59 Å². The average Bonchev–Trinajstić information content (AvgIpc) is 2.28. The van der Waals surface area contributed by atoms with E-state index >= 15 is 0 Å². The first-order valence-corrected chi connectivity index (χ1v) is 4.61. The van der Waals surface area contributed by atoms with E-state index in [1.54, 1.807) is 0 Å². The highest BCUT2D eigenvalue weighted by atomic mass is 16.2. The van der Waals surface area contributed by atoms with Gasteiger partial charge in [-0.2, -0.15) is 0 Å². The van der Waals surface area contributed by atoms with Crippen LogP contribution in [-0.2, 0) is 9.59 Å². The van der Waals surface area contributed by atoms with Gasteiger partial charge in [0, 0.05) is 24.8 Å². The molecular formula is C9H14N2O2. The van der Waals surface area contributed by atoms with Gasteiger partial charge < -0.3 is 4.90 Å². The summed E-state index contributed by atoms with van der Waals surface area (Å²) >= 11 is 0. The largest absolute Gasteiger partial charge is 0.306 e. The van der Waals surface area contributed by atoms with E-state index in [1.165, 1.54) is 0 Å². The second-order valence-electron chi connectivity index (χ2n) is 4.31. The Balaban J connectivity index is 2.14. The van der Waals surface area contributed by atoms with E-state index in [2.05, 4.69) is 10.2 Å². The van der Waals surface area contributed by atoms with Crippen LogP contribution >= 0.6 is 0 Å². The number of piperidine rings is 1. The third kappa shape index (κ3) is 1.58. The van der Waals surface area contributed by atoms with Crippen molar-refractivity contribution >= 4 is 11.8 Å². The molecule has 2 fully saturated rings. The van der Waals surface area contributed by atoms with E-state index in [0.717, 1.165) is 19.5 Å². The third-order valence-corrected chi connectivity index (χ3v) is 2.98. The van der Waals surface area contributed by atoms with Crippen LogP contribution in [0.4, 0.5) is 0 Å². The highest BCUT2D eigenvalue weighted by molar-refractivity contribution is 5.98. The van der Waals surface area contributed by atoms with Crippen molar-refractivity contribution in [2.24, 2.45) is 5.41 Å². The minimum atomic E-state index is -0.105. The van der Waals surface area contributed by atoms with Gasteiger partial charge >= 0.3 is 0 Å². The molecule has 0 saturated carbocycles. The summed E-state index contributed by atoms with van der Waals surface area (Å²) in [6.45, 7) is 1.88. The van der Waals surface area contributed by atoms with Crippen LogP contribution in [0, 0.1) is 5.41 Å². The summed E-state index contributed by atoms with van der Waals surface area (Å²) in [7, 11) is 2.03. The fourth-order valence-corrected chi connectivity index (χ4v) is 2.43. The molecule has 2 heterocycles. The Kier molecular flexibility index (Phi) is 1.87. The molecule has 13 heavy (non-hydrogen) atoms. The number of amides is 2. The molecule has 0 aromatic carbocycles. The van der Waals surface area contributed by atoms with Gasteiger partial charge in [-0.3, -0.25) is 14.9 Å². The van der Waals surface area contributed by atoms with Gasteiger partial charge in [-0.15, -0.1) is 0 Å². The van der Waals surface area contributed by atoms with Crippen molar-refractivity contribution in [3.63, 3.8) is 0 Å². The normalized spacial score (nSPS) is 28.1. The molecule has 0 atom stereocenters. The summed E-state index contributed by atoms with van der Waals surface area (Å²) in [5.41, 5.74) is -0.0475. The Bertz CT molecular complexity index is 246. The second kappa shape index (κ2) is 2.80. The highest BCUT2D eigenvalue weighted by Crippen LogP contribution is 2.38. The van der Waals surface area contributed by atoms with E-state index in [0.29, 0.717) is 12.8 Å². The van der Waals surface area contributed by atoms with Crippen molar-refractivity contribution in [1.82, 2.24) is 10.2 Å². The summed E-state index contributed by atoms with van der Waals surface area (Å²) in [6.07, 6.45) is 2.01. The van der Waals surface area contributed by atoms with Crippen LogP contribution in [0.2, 0.25) is 0 Å². The first-order valence-electron chi connectivity index (χ1n) is 4.61. The number of hydrogen-bond acceptors (Lipinski definition) is 3. The highest BCUT2D eigenvalue weighted by Gasteiger charge is 2.43. The predicted molar refractivity (Wildman–Crippen MR) is 46.9 cm³/mol. The van der Waals surface area contributed by atoms with Gasteiger partial charge in [0.15, 0.2) is 0 Å². The molecule has 0 aliphatic carbocycles. The summed E-state index contributed by atoms with van der Waals surface area (Å²) in [4.78, 5) is 24.6. The van der Waals surface area contributed by atoms with E-state index in [-0.39, 0.29) is 17.2 Å². The quantitative estimate of drug-likeness (QED) is 0.525. The molecule has 1 N–H and O–H groups in total. The Hall–Kier alpha value is -0.900. The van der Waals surface area contributed by atoms with E-state index in [1.807, 2.05) is 7.05 Å². The minimum Gasteiger partial charge on any atom is -0.306 e. The number of rotatable bonds is 0. The molecule has 0 bridgehead atoms. The molecule has 0 aromatic rings. The van der Waals surface area contributed by atoms with Crippen LogP contribution in [-0.4, -0.2) is 36.9 Å². The van der Waals surface area contributed by atoms with Gasteiger partial charge in [-0.25, -0.2) is 0 Å². The zero-order chi connectivity index (χ0) is 9.47. The Morgan fingerprint density at radius 1 is 1.31 bits per heavy atom. The first-order chi connectivity index (χ1) is 6.10. The maximum Gasteiger partial charge on any atom is 0.227 e. The van der Waals surface area contributed by atoms with Crippen LogP contribution < -0.4 is 5.32 Å². The number of carbonyl (C=O) groups is 2. The molecule has 0 radical (unpaired) electrons. The van der Waals surface area contributed by atoms with Crippen LogP contribution in [0.1, 0.15) is 19.3 Å². The predicted octanol–water partition coefficient (Wildman–Crippen LogP) is -0.255. The van der Waals surface area contributed by atoms with E-state index < -0.39 is 0 Å². The smallest absolute Gasteiger partial charge is 0.227 e. The topological polar surface area (TPSA) is 49.4 Å². The van der Waals surface area contributed by atoms with Gasteiger partial charge in [0.1, 0.15) is 0 Å². The lowest BCUT2D eigenvalue weighted by atomic mass is 9.78. The summed E-state index contributed by atoms with van der Waals surface area (Å²) in [6, 6.07) is 0. The van der Waals surface area contributed by atoms with Crippen molar-refractivity contribution in [2.45, 2.75) is 19.3 Å². The third-order valence-electron chi connectivity index (χ3n) is 2.98. The molecule has 2 rings (SSSR count). The number of nitrogens with one attached hydrogen (secondary N) is 1. The number of carbonyl (C=O) groups excluding carboxylic acids is 2. The Labute approximate surface area is 77.3 Å². The van der Waals surface area contributed by atoms with Gasteiger partial charge in [0.05, 0.1) is 0 Å². The maximum atomic E-state index is 11.2. The number of likely N-dealkylation sites (tertiary alicyclic amines) is 1. The molecular weight excluding hydrogens is 168 g/mol. The van der Waals surface area contributed by atoms with Crippen LogP contribution in [0.3, 0.4) is 0 Å². The van der Waals surface area contributed by atoms with Gasteiger partial charge in [0.2, 0.25) is 11.8 Å². The van der Waals surface area contributed by atoms with Crippen molar-refractivity contribution in [1.29, 1.82) is 0 Å². The molecule has 72 valence electrons. The number of nitrogens with zero attached hydrogens (tertiary/aromatic N) is 1. The maximum absolute atomic E-state index is 11.2. The lowest BCUT2D eigenvalue weighted by Crippen LogP contribution is -2.45. The molecule has 2 aliphatic heterocycles. The average molecular weight is 182 g/mol. The van der Waals surface area contributed by atoms with Crippen molar-refractivity contribution in [3.05, 3.63) is 0 Å². The van der Waals surface area contributed by atoms with Crippen LogP contribution in [0.5, 0.6) is 0 Å². The van der Waals surface area contributed by atoms with Crippen LogP contribution in [0.15, 0.2) is 0 Å². The minimum absolute atomic E-state index is 0.0475. The molecule has 2 aliphatic rings.